The minimum Gasteiger partial charge on any atom is -0.410 e. The van der Waals surface area contributed by atoms with E-state index in [9.17, 15) is 9.59 Å². The number of hydrogen-bond donors (Lipinski definition) is 2. The van der Waals surface area contributed by atoms with Crippen LogP contribution in [0.15, 0.2) is 94.3 Å². The molecule has 156 valence electrons. The second-order valence-corrected chi connectivity index (χ2v) is 6.90. The molecule has 0 saturated heterocycles. The maximum atomic E-state index is 12.5. The molecule has 0 fully saturated rings. The van der Waals surface area contributed by atoms with Crippen molar-refractivity contribution in [1.82, 2.24) is 4.57 Å². The fourth-order valence-corrected chi connectivity index (χ4v) is 3.05. The minimum absolute atomic E-state index is 0.177. The number of nitrogens with one attached hydrogen (secondary N) is 1. The largest absolute Gasteiger partial charge is 0.423 e. The summed E-state index contributed by atoms with van der Waals surface area (Å²) in [6, 6.07) is 23.4. The molecule has 4 aromatic rings. The van der Waals surface area contributed by atoms with Crippen LogP contribution in [0.1, 0.15) is 21.7 Å². The van der Waals surface area contributed by atoms with Gasteiger partial charge in [-0.3, -0.25) is 4.79 Å². The Morgan fingerprint density at radius 1 is 0.935 bits per heavy atom. The molecule has 1 amide bonds. The molecular weight excluding hydrogens is 394 g/mol. The van der Waals surface area contributed by atoms with E-state index in [0.29, 0.717) is 35.0 Å². The van der Waals surface area contributed by atoms with E-state index in [2.05, 4.69) is 5.32 Å². The Kier molecular flexibility index (Phi) is 5.96. The van der Waals surface area contributed by atoms with Crippen molar-refractivity contribution in [2.24, 2.45) is 0 Å². The van der Waals surface area contributed by atoms with Gasteiger partial charge < -0.3 is 20.2 Å². The number of benzene rings is 3. The zero-order valence-electron chi connectivity index (χ0n) is 16.7. The first-order valence-corrected chi connectivity index (χ1v) is 9.69. The number of amides is 1. The number of nitrogen functional groups attached to an aromatic ring is 1. The van der Waals surface area contributed by atoms with Crippen LogP contribution in [-0.4, -0.2) is 10.5 Å². The molecule has 4 rings (SSSR count). The van der Waals surface area contributed by atoms with E-state index in [4.69, 9.17) is 14.9 Å². The van der Waals surface area contributed by atoms with E-state index in [1.54, 1.807) is 54.7 Å². The Hall–Kier alpha value is -4.10. The van der Waals surface area contributed by atoms with Crippen molar-refractivity contribution in [2.45, 2.75) is 13.2 Å². The number of carbonyl (C=O) groups excluding carboxylic acids is 1. The number of nitrogens with two attached hydrogens (primary N) is 1. The molecule has 0 atom stereocenters. The normalized spacial score (nSPS) is 10.7. The molecule has 1 aromatic heterocycles. The van der Waals surface area contributed by atoms with E-state index in [-0.39, 0.29) is 12.5 Å². The fourth-order valence-electron chi connectivity index (χ4n) is 3.05. The molecule has 0 saturated carbocycles. The molecule has 0 radical (unpaired) electrons. The molecule has 0 aliphatic carbocycles. The summed E-state index contributed by atoms with van der Waals surface area (Å²) < 4.78 is 12.3. The molecule has 3 N–H and O–H groups in total. The topological polar surface area (TPSA) is 99.5 Å². The average Bonchev–Trinajstić information content (AvgIpc) is 3.16. The molecule has 1 heterocycles. The predicted octanol–water partition coefficient (Wildman–Crippen LogP) is 3.98. The van der Waals surface area contributed by atoms with Crippen LogP contribution in [-0.2, 0) is 18.0 Å². The molecule has 3 aromatic carbocycles. The van der Waals surface area contributed by atoms with Crippen molar-refractivity contribution in [2.75, 3.05) is 11.1 Å². The van der Waals surface area contributed by atoms with E-state index >= 15 is 0 Å². The molecule has 0 aliphatic heterocycles. The van der Waals surface area contributed by atoms with Crippen molar-refractivity contribution in [3.63, 3.8) is 0 Å². The SMILES string of the molecule is Nc1ccccc1NC(=O)c1ccc(-n2cc(COCc3ccccc3)oc2=O)cc1. The lowest BCUT2D eigenvalue weighted by molar-refractivity contribution is 0.0920. The second-order valence-electron chi connectivity index (χ2n) is 6.90. The zero-order chi connectivity index (χ0) is 21.6. The molecular formula is C24H21N3O4. The Morgan fingerprint density at radius 2 is 1.65 bits per heavy atom. The van der Waals surface area contributed by atoms with Crippen LogP contribution >= 0.6 is 0 Å². The number of ether oxygens (including phenoxy) is 1. The van der Waals surface area contributed by atoms with Gasteiger partial charge in [0.1, 0.15) is 6.61 Å². The molecule has 0 spiro atoms. The Balaban J connectivity index is 1.41. The fraction of sp³-hybridized carbons (Fsp3) is 0.0833. The van der Waals surface area contributed by atoms with Crippen LogP contribution in [0.5, 0.6) is 0 Å². The van der Waals surface area contributed by atoms with E-state index < -0.39 is 5.76 Å². The quantitative estimate of drug-likeness (QED) is 0.445. The highest BCUT2D eigenvalue weighted by Gasteiger charge is 2.11. The third-order valence-electron chi connectivity index (χ3n) is 4.66. The van der Waals surface area contributed by atoms with Crippen LogP contribution in [0.25, 0.3) is 5.69 Å². The van der Waals surface area contributed by atoms with Gasteiger partial charge in [-0.15, -0.1) is 0 Å². The lowest BCUT2D eigenvalue weighted by Crippen LogP contribution is -2.14. The highest BCUT2D eigenvalue weighted by Crippen LogP contribution is 2.18. The van der Waals surface area contributed by atoms with E-state index in [0.717, 1.165) is 5.56 Å². The van der Waals surface area contributed by atoms with Crippen molar-refractivity contribution in [1.29, 1.82) is 0 Å². The molecule has 31 heavy (non-hydrogen) atoms. The predicted molar refractivity (Wildman–Crippen MR) is 118 cm³/mol. The number of carbonyl (C=O) groups is 1. The number of aromatic nitrogens is 1. The van der Waals surface area contributed by atoms with Crippen LogP contribution in [0.4, 0.5) is 11.4 Å². The van der Waals surface area contributed by atoms with E-state index in [1.165, 1.54) is 4.57 Å². The van der Waals surface area contributed by atoms with Gasteiger partial charge in [0.15, 0.2) is 5.76 Å². The number of nitrogens with zero attached hydrogens (tertiary/aromatic N) is 1. The number of oxazole rings is 1. The van der Waals surface area contributed by atoms with Gasteiger partial charge in [-0.05, 0) is 42.0 Å². The first kappa shape index (κ1) is 20.2. The van der Waals surface area contributed by atoms with Crippen molar-refractivity contribution in [3.8, 4) is 5.69 Å². The summed E-state index contributed by atoms with van der Waals surface area (Å²) in [4.78, 5) is 24.7. The zero-order valence-corrected chi connectivity index (χ0v) is 16.7. The van der Waals surface area contributed by atoms with Gasteiger partial charge in [-0.2, -0.15) is 0 Å². The summed E-state index contributed by atoms with van der Waals surface area (Å²) >= 11 is 0. The standard InChI is InChI=1S/C24H21N3O4/c25-21-8-4-5-9-22(21)26-23(28)18-10-12-19(13-11-18)27-14-20(31-24(27)29)16-30-15-17-6-2-1-3-7-17/h1-14H,15-16,25H2,(H,26,28). The Bertz CT molecular complexity index is 1230. The van der Waals surface area contributed by atoms with Gasteiger partial charge in [0.25, 0.3) is 5.91 Å². The first-order chi connectivity index (χ1) is 15.1. The van der Waals surface area contributed by atoms with Crippen molar-refractivity contribution < 1.29 is 13.9 Å². The van der Waals surface area contributed by atoms with Crippen LogP contribution < -0.4 is 16.8 Å². The number of hydrogen-bond acceptors (Lipinski definition) is 5. The van der Waals surface area contributed by atoms with Gasteiger partial charge in [0, 0.05) is 5.56 Å². The third kappa shape index (κ3) is 4.91. The highest BCUT2D eigenvalue weighted by atomic mass is 16.5. The summed E-state index contributed by atoms with van der Waals surface area (Å²) in [6.45, 7) is 0.599. The average molecular weight is 415 g/mol. The lowest BCUT2D eigenvalue weighted by Gasteiger charge is -2.08. The summed E-state index contributed by atoms with van der Waals surface area (Å²) in [5.41, 5.74) is 8.95. The highest BCUT2D eigenvalue weighted by molar-refractivity contribution is 6.05. The molecule has 7 heteroatoms. The van der Waals surface area contributed by atoms with Crippen LogP contribution in [0.3, 0.4) is 0 Å². The number of anilines is 2. The molecule has 0 bridgehead atoms. The van der Waals surface area contributed by atoms with Crippen LogP contribution in [0.2, 0.25) is 0 Å². The van der Waals surface area contributed by atoms with Crippen LogP contribution in [0, 0.1) is 0 Å². The van der Waals surface area contributed by atoms with Gasteiger partial charge in [-0.25, -0.2) is 9.36 Å². The smallest absolute Gasteiger partial charge is 0.410 e. The number of para-hydroxylation sites is 2. The molecule has 0 unspecified atom stereocenters. The summed E-state index contributed by atoms with van der Waals surface area (Å²) in [5, 5.41) is 2.77. The van der Waals surface area contributed by atoms with E-state index in [1.807, 2.05) is 30.3 Å². The minimum atomic E-state index is -0.521. The monoisotopic (exact) mass is 415 g/mol. The second kappa shape index (κ2) is 9.15. The lowest BCUT2D eigenvalue weighted by atomic mass is 10.2. The summed E-state index contributed by atoms with van der Waals surface area (Å²) in [5.74, 6) is -0.395. The first-order valence-electron chi connectivity index (χ1n) is 9.69. The third-order valence-corrected chi connectivity index (χ3v) is 4.66. The summed E-state index contributed by atoms with van der Waals surface area (Å²) in [7, 11) is 0. The number of rotatable bonds is 7. The Morgan fingerprint density at radius 3 is 2.39 bits per heavy atom. The molecule has 0 aliphatic rings. The van der Waals surface area contributed by atoms with Crippen molar-refractivity contribution >= 4 is 17.3 Å². The maximum absolute atomic E-state index is 12.5. The maximum Gasteiger partial charge on any atom is 0.423 e. The van der Waals surface area contributed by atoms with Gasteiger partial charge >= 0.3 is 5.76 Å². The molecule has 7 nitrogen and oxygen atoms in total. The van der Waals surface area contributed by atoms with Gasteiger partial charge in [0.2, 0.25) is 0 Å². The Labute approximate surface area is 178 Å². The van der Waals surface area contributed by atoms with Gasteiger partial charge in [-0.1, -0.05) is 42.5 Å². The van der Waals surface area contributed by atoms with Crippen molar-refractivity contribution in [3.05, 3.63) is 112 Å². The summed E-state index contributed by atoms with van der Waals surface area (Å²) in [6.07, 6.45) is 1.59. The van der Waals surface area contributed by atoms with Gasteiger partial charge in [0.05, 0.1) is 29.9 Å².